The van der Waals surface area contributed by atoms with Gasteiger partial charge in [-0.15, -0.1) is 11.3 Å². The molecule has 1 aromatic heterocycles. The Morgan fingerprint density at radius 3 is 2.75 bits per heavy atom. The largest absolute Gasteiger partial charge is 0.293 e. The van der Waals surface area contributed by atoms with Crippen LogP contribution >= 0.6 is 27.3 Å². The maximum Gasteiger partial charge on any atom is 0.177 e. The van der Waals surface area contributed by atoms with E-state index in [0.29, 0.717) is 10.4 Å². The molecule has 0 N–H and O–H groups in total. The summed E-state index contributed by atoms with van der Waals surface area (Å²) in [6.45, 7) is 0. The van der Waals surface area contributed by atoms with Crippen molar-refractivity contribution in [1.82, 2.24) is 0 Å². The van der Waals surface area contributed by atoms with Crippen molar-refractivity contribution in [2.75, 3.05) is 0 Å². The Hall–Kier alpha value is -1.000. The van der Waals surface area contributed by atoms with Crippen LogP contribution in [0.15, 0.2) is 40.2 Å². The molecular weight excluding hydrogens is 291 g/mol. The van der Waals surface area contributed by atoms with Gasteiger partial charge in [-0.1, -0.05) is 18.2 Å². The Bertz CT molecular complexity index is 521. The highest BCUT2D eigenvalue weighted by Gasteiger charge is 2.11. The molecule has 1 aromatic carbocycles. The van der Waals surface area contributed by atoms with Gasteiger partial charge in [0.2, 0.25) is 0 Å². The van der Waals surface area contributed by atoms with Gasteiger partial charge in [0.1, 0.15) is 5.82 Å². The van der Waals surface area contributed by atoms with Gasteiger partial charge in [-0.2, -0.15) is 0 Å². The van der Waals surface area contributed by atoms with E-state index in [0.717, 1.165) is 4.47 Å². The van der Waals surface area contributed by atoms with Crippen LogP contribution in [0.3, 0.4) is 0 Å². The molecule has 0 spiro atoms. The van der Waals surface area contributed by atoms with Gasteiger partial charge in [0, 0.05) is 16.3 Å². The number of hydrogen-bond donors (Lipinski definition) is 0. The molecule has 1 nitrogen and oxygen atoms in total. The third-order valence-corrected chi connectivity index (χ3v) is 3.88. The fourth-order valence-electron chi connectivity index (χ4n) is 1.36. The normalized spacial score (nSPS) is 10.4. The average molecular weight is 299 g/mol. The second kappa shape index (κ2) is 4.89. The molecule has 0 saturated carbocycles. The highest BCUT2D eigenvalue weighted by molar-refractivity contribution is 9.10. The predicted molar refractivity (Wildman–Crippen MR) is 66.5 cm³/mol. The molecule has 0 aliphatic heterocycles. The van der Waals surface area contributed by atoms with Crippen molar-refractivity contribution in [3.8, 4) is 0 Å². The minimum Gasteiger partial charge on any atom is -0.293 e. The Kier molecular flexibility index (Phi) is 3.51. The summed E-state index contributed by atoms with van der Waals surface area (Å²) in [6, 6.07) is 8.11. The topological polar surface area (TPSA) is 17.1 Å². The second-order valence-electron chi connectivity index (χ2n) is 3.32. The lowest BCUT2D eigenvalue weighted by atomic mass is 10.1. The van der Waals surface area contributed by atoms with Crippen molar-refractivity contribution in [3.05, 3.63) is 56.4 Å². The fraction of sp³-hybridized carbons (Fsp3) is 0.0833. The van der Waals surface area contributed by atoms with E-state index in [1.165, 1.54) is 17.4 Å². The minimum absolute atomic E-state index is 0.0548. The minimum atomic E-state index is -0.327. The number of halogens is 2. The molecule has 0 saturated heterocycles. The molecule has 4 heteroatoms. The van der Waals surface area contributed by atoms with E-state index >= 15 is 0 Å². The number of carbonyl (C=O) groups excluding carboxylic acids is 1. The highest BCUT2D eigenvalue weighted by Crippen LogP contribution is 2.21. The summed E-state index contributed by atoms with van der Waals surface area (Å²) in [4.78, 5) is 12.5. The summed E-state index contributed by atoms with van der Waals surface area (Å²) in [6.07, 6.45) is 0.111. The predicted octanol–water partition coefficient (Wildman–Crippen LogP) is 4.08. The zero-order chi connectivity index (χ0) is 11.5. The number of carbonyl (C=O) groups is 1. The van der Waals surface area contributed by atoms with Crippen LogP contribution in [0.25, 0.3) is 0 Å². The van der Waals surface area contributed by atoms with Crippen LogP contribution in [-0.2, 0) is 6.42 Å². The second-order valence-corrected chi connectivity index (χ2v) is 5.15. The highest BCUT2D eigenvalue weighted by atomic mass is 79.9. The van der Waals surface area contributed by atoms with Crippen LogP contribution in [0.4, 0.5) is 4.39 Å². The van der Waals surface area contributed by atoms with Gasteiger partial charge >= 0.3 is 0 Å². The van der Waals surface area contributed by atoms with Crippen LogP contribution < -0.4 is 0 Å². The van der Waals surface area contributed by atoms with Crippen LogP contribution in [-0.4, -0.2) is 5.78 Å². The van der Waals surface area contributed by atoms with Gasteiger partial charge in [-0.05, 0) is 33.6 Å². The first-order chi connectivity index (χ1) is 7.66. The standard InChI is InChI=1S/C12H8BrFOS/c13-9-6-12(16-7-9)11(15)5-8-3-1-2-4-10(8)14/h1-4,6-7H,5H2. The third-order valence-electron chi connectivity index (χ3n) is 2.15. The lowest BCUT2D eigenvalue weighted by Gasteiger charge is -2.00. The quantitative estimate of drug-likeness (QED) is 0.781. The molecule has 0 fully saturated rings. The Balaban J connectivity index is 2.17. The molecular formula is C12H8BrFOS. The number of hydrogen-bond acceptors (Lipinski definition) is 2. The summed E-state index contributed by atoms with van der Waals surface area (Å²) < 4.78 is 14.2. The molecule has 0 amide bonds. The van der Waals surface area contributed by atoms with Gasteiger partial charge in [-0.25, -0.2) is 4.39 Å². The van der Waals surface area contributed by atoms with Crippen molar-refractivity contribution in [3.63, 3.8) is 0 Å². The van der Waals surface area contributed by atoms with E-state index < -0.39 is 0 Å². The fourth-order valence-corrected chi connectivity index (χ4v) is 2.73. The van der Waals surface area contributed by atoms with E-state index in [9.17, 15) is 9.18 Å². The first kappa shape index (κ1) is 11.5. The molecule has 2 aromatic rings. The van der Waals surface area contributed by atoms with E-state index in [-0.39, 0.29) is 18.0 Å². The maximum atomic E-state index is 13.3. The van der Waals surface area contributed by atoms with E-state index in [2.05, 4.69) is 15.9 Å². The van der Waals surface area contributed by atoms with E-state index in [1.807, 2.05) is 5.38 Å². The molecule has 0 unspecified atom stereocenters. The molecule has 1 heterocycles. The van der Waals surface area contributed by atoms with Gasteiger partial charge < -0.3 is 0 Å². The average Bonchev–Trinajstić information content (AvgIpc) is 2.68. The van der Waals surface area contributed by atoms with Gasteiger partial charge in [0.05, 0.1) is 4.88 Å². The summed E-state index contributed by atoms with van der Waals surface area (Å²) in [7, 11) is 0. The molecule has 16 heavy (non-hydrogen) atoms. The Morgan fingerprint density at radius 1 is 1.38 bits per heavy atom. The van der Waals surface area contributed by atoms with Crippen molar-refractivity contribution >= 4 is 33.0 Å². The Morgan fingerprint density at radius 2 is 2.12 bits per heavy atom. The van der Waals surface area contributed by atoms with Crippen molar-refractivity contribution < 1.29 is 9.18 Å². The molecule has 82 valence electrons. The first-order valence-electron chi connectivity index (χ1n) is 4.67. The number of ketones is 1. The summed E-state index contributed by atoms with van der Waals surface area (Å²) in [5, 5.41) is 1.84. The molecule has 0 bridgehead atoms. The lowest BCUT2D eigenvalue weighted by molar-refractivity contribution is 0.0995. The number of rotatable bonds is 3. The Labute approximate surface area is 105 Å². The molecule has 2 rings (SSSR count). The number of benzene rings is 1. The molecule has 0 atom stereocenters. The van der Waals surface area contributed by atoms with Crippen molar-refractivity contribution in [2.45, 2.75) is 6.42 Å². The van der Waals surface area contributed by atoms with E-state index in [4.69, 9.17) is 0 Å². The summed E-state index contributed by atoms with van der Waals surface area (Å²) in [5.74, 6) is -0.382. The summed E-state index contributed by atoms with van der Waals surface area (Å²) in [5.41, 5.74) is 0.442. The smallest absolute Gasteiger partial charge is 0.177 e. The van der Waals surface area contributed by atoms with Gasteiger partial charge in [0.15, 0.2) is 5.78 Å². The lowest BCUT2D eigenvalue weighted by Crippen LogP contribution is -2.02. The van der Waals surface area contributed by atoms with Crippen LogP contribution in [0, 0.1) is 5.82 Å². The molecule has 0 radical (unpaired) electrons. The van der Waals surface area contributed by atoms with Crippen LogP contribution in [0.5, 0.6) is 0 Å². The molecule has 0 aliphatic rings. The number of Topliss-reactive ketones (excluding diaryl/α,β-unsaturated/α-hetero) is 1. The molecule has 0 aliphatic carbocycles. The third kappa shape index (κ3) is 2.57. The SMILES string of the molecule is O=C(Cc1ccccc1F)c1cc(Br)cs1. The zero-order valence-electron chi connectivity index (χ0n) is 8.24. The summed E-state index contributed by atoms with van der Waals surface area (Å²) >= 11 is 4.65. The van der Waals surface area contributed by atoms with Gasteiger partial charge in [-0.3, -0.25) is 4.79 Å². The monoisotopic (exact) mass is 298 g/mol. The van der Waals surface area contributed by atoms with Crippen LogP contribution in [0.1, 0.15) is 15.2 Å². The first-order valence-corrected chi connectivity index (χ1v) is 6.35. The van der Waals surface area contributed by atoms with Crippen LogP contribution in [0.2, 0.25) is 0 Å². The van der Waals surface area contributed by atoms with E-state index in [1.54, 1.807) is 24.3 Å². The zero-order valence-corrected chi connectivity index (χ0v) is 10.6. The number of thiophene rings is 1. The van der Waals surface area contributed by atoms with Crippen molar-refractivity contribution in [2.24, 2.45) is 0 Å². The van der Waals surface area contributed by atoms with Gasteiger partial charge in [0.25, 0.3) is 0 Å². The maximum absolute atomic E-state index is 13.3. The van der Waals surface area contributed by atoms with Crippen molar-refractivity contribution in [1.29, 1.82) is 0 Å².